The van der Waals surface area contributed by atoms with Crippen LogP contribution in [0.2, 0.25) is 0 Å². The molecule has 3 aromatic heterocycles. The van der Waals surface area contributed by atoms with Gasteiger partial charge < -0.3 is 4.98 Å². The summed E-state index contributed by atoms with van der Waals surface area (Å²) >= 11 is 0. The van der Waals surface area contributed by atoms with Gasteiger partial charge in [0, 0.05) is 18.3 Å². The number of pyridine rings is 2. The van der Waals surface area contributed by atoms with Crippen LogP contribution in [0.3, 0.4) is 0 Å². The monoisotopic (exact) mass is 278 g/mol. The topological polar surface area (TPSA) is 54.5 Å². The minimum Gasteiger partial charge on any atom is -0.340 e. The third-order valence-corrected chi connectivity index (χ3v) is 2.76. The van der Waals surface area contributed by atoms with E-state index in [0.29, 0.717) is 17.8 Å². The van der Waals surface area contributed by atoms with Gasteiger partial charge in [-0.2, -0.15) is 13.2 Å². The summed E-state index contributed by atoms with van der Waals surface area (Å²) in [6, 6.07) is 7.72. The molecule has 0 fully saturated rings. The molecule has 1 N–H and O–H groups in total. The summed E-state index contributed by atoms with van der Waals surface area (Å²) in [7, 11) is 0. The number of aromatic amines is 1. The third kappa shape index (κ3) is 2.47. The number of hydrogen-bond donors (Lipinski definition) is 1. The average molecular weight is 278 g/mol. The van der Waals surface area contributed by atoms with Gasteiger partial charge in [0.25, 0.3) is 0 Å². The van der Waals surface area contributed by atoms with E-state index in [0.717, 1.165) is 11.8 Å². The molecule has 4 nitrogen and oxygen atoms in total. The van der Waals surface area contributed by atoms with Crippen LogP contribution in [0.4, 0.5) is 13.2 Å². The van der Waals surface area contributed by atoms with E-state index < -0.39 is 11.9 Å². The fraction of sp³-hybridized carbons (Fsp3) is 0.154. The van der Waals surface area contributed by atoms with Crippen LogP contribution in [-0.2, 0) is 12.6 Å². The summed E-state index contributed by atoms with van der Waals surface area (Å²) in [5, 5.41) is 0. The van der Waals surface area contributed by atoms with Gasteiger partial charge in [0.2, 0.25) is 0 Å². The number of fused-ring (bicyclic) bond motifs is 1. The molecule has 0 amide bonds. The summed E-state index contributed by atoms with van der Waals surface area (Å²) in [5.74, 6) is 0.533. The number of nitrogens with zero attached hydrogens (tertiary/aromatic N) is 3. The van der Waals surface area contributed by atoms with E-state index in [4.69, 9.17) is 0 Å². The first-order chi connectivity index (χ1) is 9.52. The number of aromatic nitrogens is 4. The fourth-order valence-corrected chi connectivity index (χ4v) is 1.86. The van der Waals surface area contributed by atoms with Gasteiger partial charge in [-0.25, -0.2) is 9.97 Å². The molecule has 7 heteroatoms. The third-order valence-electron chi connectivity index (χ3n) is 2.76. The van der Waals surface area contributed by atoms with Crippen LogP contribution < -0.4 is 0 Å². The molecule has 0 aliphatic carbocycles. The predicted octanol–water partition coefficient (Wildman–Crippen LogP) is 2.96. The van der Waals surface area contributed by atoms with Crippen molar-refractivity contribution in [1.29, 1.82) is 0 Å². The van der Waals surface area contributed by atoms with Crippen molar-refractivity contribution in [3.63, 3.8) is 0 Å². The van der Waals surface area contributed by atoms with Crippen molar-refractivity contribution < 1.29 is 13.2 Å². The maximum Gasteiger partial charge on any atom is 0.433 e. The van der Waals surface area contributed by atoms with Crippen molar-refractivity contribution in [2.45, 2.75) is 12.6 Å². The van der Waals surface area contributed by atoms with Crippen molar-refractivity contribution in [2.24, 2.45) is 0 Å². The van der Waals surface area contributed by atoms with E-state index in [9.17, 15) is 13.2 Å². The molecule has 0 aliphatic rings. The van der Waals surface area contributed by atoms with Crippen LogP contribution in [0, 0.1) is 0 Å². The number of rotatable bonds is 2. The van der Waals surface area contributed by atoms with Crippen LogP contribution in [0.1, 0.15) is 17.2 Å². The van der Waals surface area contributed by atoms with Crippen molar-refractivity contribution in [2.75, 3.05) is 0 Å². The highest BCUT2D eigenvalue weighted by Crippen LogP contribution is 2.28. The predicted molar refractivity (Wildman–Crippen MR) is 65.9 cm³/mol. The SMILES string of the molecule is FC(F)(F)c1ccc2[nH]c(Cc3ccccn3)nc2n1. The van der Waals surface area contributed by atoms with Crippen molar-refractivity contribution in [3.05, 3.63) is 53.7 Å². The second kappa shape index (κ2) is 4.59. The maximum absolute atomic E-state index is 12.6. The molecule has 102 valence electrons. The smallest absolute Gasteiger partial charge is 0.340 e. The van der Waals surface area contributed by atoms with E-state index in [1.54, 1.807) is 12.3 Å². The Labute approximate surface area is 111 Å². The van der Waals surface area contributed by atoms with Crippen molar-refractivity contribution in [1.82, 2.24) is 19.9 Å². The van der Waals surface area contributed by atoms with Crippen molar-refractivity contribution in [3.8, 4) is 0 Å². The van der Waals surface area contributed by atoms with E-state index in [1.165, 1.54) is 6.07 Å². The Balaban J connectivity index is 1.95. The van der Waals surface area contributed by atoms with Gasteiger partial charge in [0.05, 0.1) is 5.52 Å². The molecule has 3 aromatic rings. The highest BCUT2D eigenvalue weighted by atomic mass is 19.4. The Hall–Kier alpha value is -2.44. The molecule has 0 bridgehead atoms. The molecular weight excluding hydrogens is 269 g/mol. The minimum absolute atomic E-state index is 0.0609. The Kier molecular flexibility index (Phi) is 2.89. The normalized spacial score (nSPS) is 11.9. The number of alkyl halides is 3. The Morgan fingerprint density at radius 2 is 1.90 bits per heavy atom. The number of hydrogen-bond acceptors (Lipinski definition) is 3. The van der Waals surface area contributed by atoms with E-state index >= 15 is 0 Å². The van der Waals surface area contributed by atoms with Crippen LogP contribution in [0.25, 0.3) is 11.2 Å². The highest BCUT2D eigenvalue weighted by Gasteiger charge is 2.32. The molecular formula is C13H9F3N4. The van der Waals surface area contributed by atoms with Gasteiger partial charge in [0.1, 0.15) is 11.5 Å². The molecule has 0 radical (unpaired) electrons. The maximum atomic E-state index is 12.6. The quantitative estimate of drug-likeness (QED) is 0.784. The lowest BCUT2D eigenvalue weighted by molar-refractivity contribution is -0.141. The number of nitrogens with one attached hydrogen (secondary N) is 1. The standard InChI is InChI=1S/C13H9F3N4/c14-13(15,16)10-5-4-9-12(19-10)20-11(18-9)7-8-3-1-2-6-17-8/h1-6H,7H2,(H,18,19,20). The number of imidazole rings is 1. The second-order valence-corrected chi connectivity index (χ2v) is 4.25. The Morgan fingerprint density at radius 3 is 2.60 bits per heavy atom. The minimum atomic E-state index is -4.46. The summed E-state index contributed by atoms with van der Waals surface area (Å²) in [6.45, 7) is 0. The zero-order chi connectivity index (χ0) is 14.2. The van der Waals surface area contributed by atoms with Crippen molar-refractivity contribution >= 4 is 11.2 Å². The van der Waals surface area contributed by atoms with Gasteiger partial charge >= 0.3 is 6.18 Å². The molecule has 3 rings (SSSR count). The van der Waals surface area contributed by atoms with Crippen LogP contribution in [-0.4, -0.2) is 19.9 Å². The molecule has 0 aliphatic heterocycles. The first-order valence-electron chi connectivity index (χ1n) is 5.85. The summed E-state index contributed by atoms with van der Waals surface area (Å²) in [4.78, 5) is 14.7. The molecule has 0 unspecified atom stereocenters. The second-order valence-electron chi connectivity index (χ2n) is 4.25. The van der Waals surface area contributed by atoms with Crippen LogP contribution >= 0.6 is 0 Å². The lowest BCUT2D eigenvalue weighted by Gasteiger charge is -2.03. The zero-order valence-corrected chi connectivity index (χ0v) is 10.1. The average Bonchev–Trinajstić information content (AvgIpc) is 2.80. The molecule has 3 heterocycles. The lowest BCUT2D eigenvalue weighted by atomic mass is 10.3. The highest BCUT2D eigenvalue weighted by molar-refractivity contribution is 5.70. The van der Waals surface area contributed by atoms with E-state index in [-0.39, 0.29) is 5.65 Å². The molecule has 0 atom stereocenters. The van der Waals surface area contributed by atoms with E-state index in [1.807, 2.05) is 12.1 Å². The van der Waals surface area contributed by atoms with Gasteiger partial charge in [-0.15, -0.1) is 0 Å². The molecule has 0 saturated heterocycles. The number of H-pyrrole nitrogens is 1. The van der Waals surface area contributed by atoms with E-state index in [2.05, 4.69) is 19.9 Å². The van der Waals surface area contributed by atoms with Crippen LogP contribution in [0.15, 0.2) is 36.5 Å². The van der Waals surface area contributed by atoms with Gasteiger partial charge in [-0.1, -0.05) is 6.07 Å². The molecule has 0 aromatic carbocycles. The summed E-state index contributed by atoms with van der Waals surface area (Å²) < 4.78 is 37.7. The number of halogens is 3. The van der Waals surface area contributed by atoms with Crippen LogP contribution in [0.5, 0.6) is 0 Å². The van der Waals surface area contributed by atoms with Gasteiger partial charge in [0.15, 0.2) is 5.65 Å². The summed E-state index contributed by atoms with van der Waals surface area (Å²) in [5.41, 5.74) is 0.373. The Morgan fingerprint density at radius 1 is 1.05 bits per heavy atom. The molecule has 0 spiro atoms. The Bertz CT molecular complexity index is 734. The van der Waals surface area contributed by atoms with Gasteiger partial charge in [-0.3, -0.25) is 4.98 Å². The fourth-order valence-electron chi connectivity index (χ4n) is 1.86. The first-order valence-corrected chi connectivity index (χ1v) is 5.85. The summed E-state index contributed by atoms with van der Waals surface area (Å²) in [6.07, 6.45) is -2.40. The molecule has 0 saturated carbocycles. The first kappa shape index (κ1) is 12.6. The van der Waals surface area contributed by atoms with Gasteiger partial charge in [-0.05, 0) is 24.3 Å². The lowest BCUT2D eigenvalue weighted by Crippen LogP contribution is -2.07. The zero-order valence-electron chi connectivity index (χ0n) is 10.1. The largest absolute Gasteiger partial charge is 0.433 e. The molecule has 20 heavy (non-hydrogen) atoms.